The summed E-state index contributed by atoms with van der Waals surface area (Å²) in [5.74, 6) is -0.527. The van der Waals surface area contributed by atoms with E-state index < -0.39 is 5.91 Å². The first kappa shape index (κ1) is 23.3. The smallest absolute Gasteiger partial charge is 0.267 e. The largest absolute Gasteiger partial charge is 0.361 e. The second-order valence-electron chi connectivity index (χ2n) is 9.76. The van der Waals surface area contributed by atoms with Crippen molar-refractivity contribution in [2.75, 3.05) is 6.54 Å². The minimum absolute atomic E-state index is 0.323. The molecular formula is C31H30N4O2. The summed E-state index contributed by atoms with van der Waals surface area (Å²) >= 11 is 0. The van der Waals surface area contributed by atoms with Crippen LogP contribution in [0, 0.1) is 0 Å². The number of carbonyl (C=O) groups is 1. The second kappa shape index (κ2) is 10.1. The first-order valence-electron chi connectivity index (χ1n) is 12.8. The molecule has 3 aromatic carbocycles. The molecular weight excluding hydrogens is 460 g/mol. The molecule has 1 amide bonds. The number of carbonyl (C=O) groups excluding carboxylic acids is 1. The van der Waals surface area contributed by atoms with E-state index >= 15 is 0 Å². The van der Waals surface area contributed by atoms with Gasteiger partial charge in [0.2, 0.25) is 0 Å². The summed E-state index contributed by atoms with van der Waals surface area (Å²) in [6.07, 6.45) is 10.3. The number of rotatable bonds is 8. The van der Waals surface area contributed by atoms with Crippen LogP contribution in [-0.2, 0) is 24.2 Å². The number of aromatic nitrogens is 2. The third kappa shape index (κ3) is 4.69. The van der Waals surface area contributed by atoms with Gasteiger partial charge in [-0.3, -0.25) is 14.9 Å². The lowest BCUT2D eigenvalue weighted by Gasteiger charge is -2.30. The van der Waals surface area contributed by atoms with Crippen molar-refractivity contribution in [1.29, 1.82) is 0 Å². The molecule has 1 atom stereocenters. The maximum Gasteiger partial charge on any atom is 0.267 e. The molecule has 2 aromatic heterocycles. The highest BCUT2D eigenvalue weighted by Gasteiger charge is 2.28. The van der Waals surface area contributed by atoms with Crippen molar-refractivity contribution in [2.24, 2.45) is 0 Å². The van der Waals surface area contributed by atoms with Gasteiger partial charge < -0.3 is 9.97 Å². The van der Waals surface area contributed by atoms with E-state index in [0.717, 1.165) is 37.9 Å². The van der Waals surface area contributed by atoms with Crippen LogP contribution in [0.3, 0.4) is 0 Å². The van der Waals surface area contributed by atoms with Gasteiger partial charge in [-0.05, 0) is 70.7 Å². The monoisotopic (exact) mass is 490 g/mol. The Labute approximate surface area is 215 Å². The number of hydrogen-bond acceptors (Lipinski definition) is 3. The van der Waals surface area contributed by atoms with Crippen molar-refractivity contribution >= 4 is 33.8 Å². The molecule has 37 heavy (non-hydrogen) atoms. The van der Waals surface area contributed by atoms with Crippen LogP contribution in [0.25, 0.3) is 27.9 Å². The highest BCUT2D eigenvalue weighted by molar-refractivity contribution is 5.90. The number of hydrogen-bond donors (Lipinski definition) is 4. The molecule has 0 aliphatic heterocycles. The molecule has 4 N–H and O–H groups in total. The number of nitrogens with one attached hydrogen (secondary N) is 3. The highest BCUT2D eigenvalue weighted by atomic mass is 16.5. The van der Waals surface area contributed by atoms with E-state index in [2.05, 4.69) is 87.8 Å². The SMILES string of the molecule is O=C(/C=C/c1ccc2c(c1)CCC2N(CCc1c[nH]c2ccccc12)Cc1cccc2cc[nH]c12)NO. The molecule has 0 spiro atoms. The molecule has 0 saturated carbocycles. The standard InChI is InChI=1S/C31H30N4O2/c36-30(34-37)13-9-21-8-11-27-23(18-21)10-12-29(27)35(20-25-5-3-4-22-14-16-32-31(22)25)17-15-24-19-33-28-7-2-1-6-26(24)28/h1-9,11,13-14,16,18-19,29,32-33,37H,10,12,15,17,20H2,(H,34,36)/b13-9+. The number of fused-ring (bicyclic) bond motifs is 3. The average molecular weight is 491 g/mol. The van der Waals surface area contributed by atoms with Crippen LogP contribution in [0.5, 0.6) is 0 Å². The van der Waals surface area contributed by atoms with Crippen LogP contribution >= 0.6 is 0 Å². The minimum Gasteiger partial charge on any atom is -0.361 e. The van der Waals surface area contributed by atoms with E-state index in [1.54, 1.807) is 11.6 Å². The summed E-state index contributed by atoms with van der Waals surface area (Å²) in [5, 5.41) is 11.3. The molecule has 6 heteroatoms. The zero-order valence-electron chi connectivity index (χ0n) is 20.6. The predicted octanol–water partition coefficient (Wildman–Crippen LogP) is 5.90. The fourth-order valence-electron chi connectivity index (χ4n) is 5.75. The number of aromatic amines is 2. The van der Waals surface area contributed by atoms with Gasteiger partial charge in [-0.15, -0.1) is 0 Å². The van der Waals surface area contributed by atoms with E-state index in [4.69, 9.17) is 5.21 Å². The number of para-hydroxylation sites is 2. The van der Waals surface area contributed by atoms with E-state index in [1.807, 2.05) is 6.20 Å². The number of H-pyrrole nitrogens is 2. The van der Waals surface area contributed by atoms with Crippen LogP contribution in [0.1, 0.15) is 40.3 Å². The Morgan fingerprint density at radius 3 is 2.89 bits per heavy atom. The summed E-state index contributed by atoms with van der Waals surface area (Å²) in [6.45, 7) is 1.81. The Hall–Kier alpha value is -4.13. The van der Waals surface area contributed by atoms with Gasteiger partial charge >= 0.3 is 0 Å². The summed E-state index contributed by atoms with van der Waals surface area (Å²) in [6, 6.07) is 23.9. The Bertz CT molecular complexity index is 1600. The normalized spacial score (nSPS) is 15.2. The molecule has 1 aliphatic rings. The molecule has 1 aliphatic carbocycles. The van der Waals surface area contributed by atoms with Crippen LogP contribution in [-0.4, -0.2) is 32.5 Å². The molecule has 0 bridgehead atoms. The second-order valence-corrected chi connectivity index (χ2v) is 9.76. The van der Waals surface area contributed by atoms with Crippen LogP contribution < -0.4 is 5.48 Å². The highest BCUT2D eigenvalue weighted by Crippen LogP contribution is 2.38. The predicted molar refractivity (Wildman–Crippen MR) is 147 cm³/mol. The van der Waals surface area contributed by atoms with Gasteiger partial charge in [0, 0.05) is 54.0 Å². The van der Waals surface area contributed by atoms with Crippen molar-refractivity contribution in [3.05, 3.63) is 113 Å². The molecule has 1 unspecified atom stereocenters. The fraction of sp³-hybridized carbons (Fsp3) is 0.194. The van der Waals surface area contributed by atoms with Gasteiger partial charge in [0.15, 0.2) is 0 Å². The average Bonchev–Trinajstić information content (AvgIpc) is 3.68. The van der Waals surface area contributed by atoms with Gasteiger partial charge in [-0.25, -0.2) is 5.48 Å². The van der Waals surface area contributed by atoms with Gasteiger partial charge in [-0.2, -0.15) is 0 Å². The van der Waals surface area contributed by atoms with E-state index in [1.165, 1.54) is 50.1 Å². The van der Waals surface area contributed by atoms with Crippen molar-refractivity contribution in [2.45, 2.75) is 31.8 Å². The summed E-state index contributed by atoms with van der Waals surface area (Å²) in [5.41, 5.74) is 10.3. The molecule has 0 radical (unpaired) electrons. The Morgan fingerprint density at radius 2 is 1.97 bits per heavy atom. The van der Waals surface area contributed by atoms with Crippen molar-refractivity contribution in [3.8, 4) is 0 Å². The van der Waals surface area contributed by atoms with Crippen molar-refractivity contribution in [1.82, 2.24) is 20.3 Å². The molecule has 6 nitrogen and oxygen atoms in total. The number of amides is 1. The van der Waals surface area contributed by atoms with Gasteiger partial charge in [0.05, 0.1) is 0 Å². The van der Waals surface area contributed by atoms with Gasteiger partial charge in [0.1, 0.15) is 0 Å². The Balaban J connectivity index is 1.30. The summed E-state index contributed by atoms with van der Waals surface area (Å²) in [7, 11) is 0. The quantitative estimate of drug-likeness (QED) is 0.124. The molecule has 6 rings (SSSR count). The zero-order valence-corrected chi connectivity index (χ0v) is 20.6. The molecule has 0 fully saturated rings. The summed E-state index contributed by atoms with van der Waals surface area (Å²) < 4.78 is 0. The lowest BCUT2D eigenvalue weighted by atomic mass is 10.0. The fourth-order valence-corrected chi connectivity index (χ4v) is 5.75. The van der Waals surface area contributed by atoms with Crippen LogP contribution in [0.2, 0.25) is 0 Å². The van der Waals surface area contributed by atoms with Gasteiger partial charge in [-0.1, -0.05) is 54.6 Å². The minimum atomic E-state index is -0.527. The Kier molecular flexibility index (Phi) is 6.35. The summed E-state index contributed by atoms with van der Waals surface area (Å²) in [4.78, 5) is 20.9. The van der Waals surface area contributed by atoms with E-state index in [-0.39, 0.29) is 0 Å². The lowest BCUT2D eigenvalue weighted by Crippen LogP contribution is -2.29. The van der Waals surface area contributed by atoms with Gasteiger partial charge in [0.25, 0.3) is 5.91 Å². The molecule has 2 heterocycles. The maximum absolute atomic E-state index is 11.4. The van der Waals surface area contributed by atoms with Crippen molar-refractivity contribution in [3.63, 3.8) is 0 Å². The molecule has 0 saturated heterocycles. The maximum atomic E-state index is 11.4. The first-order valence-corrected chi connectivity index (χ1v) is 12.8. The van der Waals surface area contributed by atoms with E-state index in [9.17, 15) is 4.79 Å². The zero-order chi connectivity index (χ0) is 25.2. The van der Waals surface area contributed by atoms with E-state index in [0.29, 0.717) is 6.04 Å². The molecule has 5 aromatic rings. The lowest BCUT2D eigenvalue weighted by molar-refractivity contribution is -0.124. The van der Waals surface area contributed by atoms with Crippen molar-refractivity contribution < 1.29 is 10.0 Å². The number of hydroxylamine groups is 1. The first-order chi connectivity index (χ1) is 18.2. The number of nitrogens with zero attached hydrogens (tertiary/aromatic N) is 1. The number of aryl methyl sites for hydroxylation is 1. The Morgan fingerprint density at radius 1 is 1.05 bits per heavy atom. The van der Waals surface area contributed by atoms with Crippen LogP contribution in [0.15, 0.2) is 85.2 Å². The third-order valence-corrected chi connectivity index (χ3v) is 7.58. The topological polar surface area (TPSA) is 84.2 Å². The molecule has 186 valence electrons. The third-order valence-electron chi connectivity index (χ3n) is 7.58. The number of benzene rings is 3. The van der Waals surface area contributed by atoms with Crippen LogP contribution in [0.4, 0.5) is 0 Å².